The lowest BCUT2D eigenvalue weighted by molar-refractivity contribution is -0.138. The fourth-order valence-corrected chi connectivity index (χ4v) is 6.35. The first-order valence-corrected chi connectivity index (χ1v) is 13.8. The van der Waals surface area contributed by atoms with Crippen LogP contribution in [0.1, 0.15) is 51.9 Å². The molecule has 8 heteroatoms. The molecule has 5 rings (SSSR count). The first kappa shape index (κ1) is 23.8. The topological polar surface area (TPSA) is 59.1 Å². The summed E-state index contributed by atoms with van der Waals surface area (Å²) in [4.78, 5) is 25.2. The fraction of sp³-hybridized carbons (Fsp3) is 0.808. The summed E-state index contributed by atoms with van der Waals surface area (Å²) in [5.41, 5.74) is 0. The van der Waals surface area contributed by atoms with Crippen molar-refractivity contribution in [2.24, 2.45) is 5.92 Å². The van der Waals surface area contributed by atoms with Crippen LogP contribution >= 0.6 is 0 Å². The Kier molecular flexibility index (Phi) is 7.84. The predicted molar refractivity (Wildman–Crippen MR) is 136 cm³/mol. The Morgan fingerprint density at radius 1 is 0.794 bits per heavy atom. The van der Waals surface area contributed by atoms with Gasteiger partial charge in [-0.2, -0.15) is 0 Å². The van der Waals surface area contributed by atoms with Crippen LogP contribution in [0.25, 0.3) is 0 Å². The van der Waals surface area contributed by atoms with Gasteiger partial charge in [0.15, 0.2) is 11.6 Å². The molecule has 34 heavy (non-hydrogen) atoms. The highest BCUT2D eigenvalue weighted by atomic mass is 16.2. The first-order valence-electron chi connectivity index (χ1n) is 13.8. The van der Waals surface area contributed by atoms with Crippen molar-refractivity contribution in [2.45, 2.75) is 57.9 Å². The minimum absolute atomic E-state index is 0.0820. The third kappa shape index (κ3) is 5.48. The Bertz CT molecular complexity index is 781. The van der Waals surface area contributed by atoms with Crippen molar-refractivity contribution >= 4 is 17.5 Å². The summed E-state index contributed by atoms with van der Waals surface area (Å²) in [7, 11) is 0. The molecule has 0 N–H and O–H groups in total. The lowest BCUT2D eigenvalue weighted by atomic mass is 9.93. The summed E-state index contributed by atoms with van der Waals surface area (Å²) in [6.45, 7) is 13.1. The Morgan fingerprint density at radius 2 is 1.47 bits per heavy atom. The van der Waals surface area contributed by atoms with Gasteiger partial charge in [0.2, 0.25) is 5.91 Å². The molecule has 0 aromatic carbocycles. The van der Waals surface area contributed by atoms with Crippen LogP contribution in [-0.4, -0.2) is 109 Å². The van der Waals surface area contributed by atoms with E-state index in [4.69, 9.17) is 0 Å². The van der Waals surface area contributed by atoms with Crippen molar-refractivity contribution in [2.75, 3.05) is 81.8 Å². The van der Waals surface area contributed by atoms with E-state index < -0.39 is 0 Å². The maximum Gasteiger partial charge on any atom is 0.227 e. The Morgan fingerprint density at radius 3 is 2.12 bits per heavy atom. The van der Waals surface area contributed by atoms with Gasteiger partial charge in [0.1, 0.15) is 0 Å². The molecule has 4 aliphatic rings. The number of nitrogens with zero attached hydrogens (tertiary/aromatic N) is 7. The van der Waals surface area contributed by atoms with Gasteiger partial charge in [-0.1, -0.05) is 26.2 Å². The monoisotopic (exact) mass is 469 g/mol. The number of aromatic nitrogens is 2. The summed E-state index contributed by atoms with van der Waals surface area (Å²) in [5, 5.41) is 9.13. The lowest BCUT2D eigenvalue weighted by Gasteiger charge is -2.42. The maximum absolute atomic E-state index is 13.4. The van der Waals surface area contributed by atoms with Crippen LogP contribution in [0.2, 0.25) is 0 Å². The molecule has 1 unspecified atom stereocenters. The second kappa shape index (κ2) is 11.2. The molecule has 3 saturated heterocycles. The van der Waals surface area contributed by atoms with Crippen LogP contribution in [0.15, 0.2) is 12.1 Å². The Labute approximate surface area is 205 Å². The van der Waals surface area contributed by atoms with E-state index in [0.717, 1.165) is 103 Å². The van der Waals surface area contributed by atoms with E-state index in [0.29, 0.717) is 5.91 Å². The number of carbonyl (C=O) groups is 1. The standard InChI is InChI=1S/C26H43N7O/c1-2-29-13-15-31(16-14-29)24-10-11-25(28-27-24)33-12-6-7-22(21-33)26(34)32-19-17-30(18-20-32)23-8-4-3-5-9-23/h10-11,22-23H,2-9,12-21H2,1H3. The number of rotatable bonds is 5. The average molecular weight is 470 g/mol. The van der Waals surface area contributed by atoms with Crippen molar-refractivity contribution in [1.82, 2.24) is 24.9 Å². The van der Waals surface area contributed by atoms with Gasteiger partial charge in [-0.05, 0) is 44.4 Å². The molecule has 1 saturated carbocycles. The average Bonchev–Trinajstić information content (AvgIpc) is 2.93. The highest BCUT2D eigenvalue weighted by Gasteiger charge is 2.33. The van der Waals surface area contributed by atoms with E-state index in [1.807, 2.05) is 0 Å². The quantitative estimate of drug-likeness (QED) is 0.656. The fourth-order valence-electron chi connectivity index (χ4n) is 6.35. The molecule has 0 bridgehead atoms. The number of hydrogen-bond acceptors (Lipinski definition) is 7. The minimum atomic E-state index is 0.0820. The maximum atomic E-state index is 13.4. The smallest absolute Gasteiger partial charge is 0.227 e. The van der Waals surface area contributed by atoms with E-state index in [9.17, 15) is 4.79 Å². The molecule has 1 amide bonds. The van der Waals surface area contributed by atoms with Gasteiger partial charge in [0.05, 0.1) is 5.92 Å². The van der Waals surface area contributed by atoms with Gasteiger partial charge in [-0.15, -0.1) is 10.2 Å². The normalized spacial score (nSPS) is 26.1. The molecule has 1 aliphatic carbocycles. The van der Waals surface area contributed by atoms with Crippen LogP contribution in [0.4, 0.5) is 11.6 Å². The Hall–Kier alpha value is -1.93. The van der Waals surface area contributed by atoms with Crippen LogP contribution < -0.4 is 9.80 Å². The van der Waals surface area contributed by atoms with Crippen LogP contribution in [0.3, 0.4) is 0 Å². The SMILES string of the molecule is CCN1CCN(c2ccc(N3CCCC(C(=O)N4CCN(C5CCCCC5)CC4)C3)nn2)CC1. The zero-order chi connectivity index (χ0) is 23.3. The number of piperidine rings is 1. The van der Waals surface area contributed by atoms with Gasteiger partial charge < -0.3 is 19.6 Å². The number of anilines is 2. The number of amides is 1. The summed E-state index contributed by atoms with van der Waals surface area (Å²) >= 11 is 0. The van der Waals surface area contributed by atoms with Crippen LogP contribution in [0.5, 0.6) is 0 Å². The number of piperazine rings is 2. The van der Waals surface area contributed by atoms with Gasteiger partial charge in [-0.25, -0.2) is 0 Å². The zero-order valence-corrected chi connectivity index (χ0v) is 21.1. The largest absolute Gasteiger partial charge is 0.354 e. The second-order valence-electron chi connectivity index (χ2n) is 10.6. The molecular weight excluding hydrogens is 426 g/mol. The van der Waals surface area contributed by atoms with Crippen LogP contribution in [0, 0.1) is 5.92 Å². The van der Waals surface area contributed by atoms with Crippen molar-refractivity contribution in [3.05, 3.63) is 12.1 Å². The van der Waals surface area contributed by atoms with Gasteiger partial charge in [-0.3, -0.25) is 9.69 Å². The minimum Gasteiger partial charge on any atom is -0.354 e. The zero-order valence-electron chi connectivity index (χ0n) is 21.1. The molecule has 4 heterocycles. The lowest BCUT2D eigenvalue weighted by Crippen LogP contribution is -2.54. The van der Waals surface area contributed by atoms with Crippen LogP contribution in [-0.2, 0) is 4.79 Å². The molecule has 1 aromatic rings. The molecule has 4 fully saturated rings. The number of carbonyl (C=O) groups excluding carboxylic acids is 1. The van der Waals surface area contributed by atoms with Crippen molar-refractivity contribution in [3.63, 3.8) is 0 Å². The second-order valence-corrected chi connectivity index (χ2v) is 10.6. The van der Waals surface area contributed by atoms with E-state index >= 15 is 0 Å². The highest BCUT2D eigenvalue weighted by Crippen LogP contribution is 2.26. The van der Waals surface area contributed by atoms with Crippen molar-refractivity contribution < 1.29 is 4.79 Å². The third-order valence-electron chi connectivity index (χ3n) is 8.59. The molecule has 188 valence electrons. The molecule has 8 nitrogen and oxygen atoms in total. The van der Waals surface area contributed by atoms with Crippen molar-refractivity contribution in [3.8, 4) is 0 Å². The van der Waals surface area contributed by atoms with Crippen molar-refractivity contribution in [1.29, 1.82) is 0 Å². The molecular formula is C26H43N7O. The van der Waals surface area contributed by atoms with E-state index in [2.05, 4.69) is 53.8 Å². The molecule has 0 radical (unpaired) electrons. The highest BCUT2D eigenvalue weighted by molar-refractivity contribution is 5.80. The summed E-state index contributed by atoms with van der Waals surface area (Å²) in [6.07, 6.45) is 8.88. The van der Waals surface area contributed by atoms with E-state index in [1.165, 1.54) is 32.1 Å². The van der Waals surface area contributed by atoms with Gasteiger partial charge in [0.25, 0.3) is 0 Å². The summed E-state index contributed by atoms with van der Waals surface area (Å²) in [6, 6.07) is 4.97. The van der Waals surface area contributed by atoms with Gasteiger partial charge >= 0.3 is 0 Å². The van der Waals surface area contributed by atoms with E-state index in [1.54, 1.807) is 0 Å². The first-order chi connectivity index (χ1) is 16.7. The molecule has 3 aliphatic heterocycles. The summed E-state index contributed by atoms with van der Waals surface area (Å²) in [5.74, 6) is 2.32. The number of likely N-dealkylation sites (N-methyl/N-ethyl adjacent to an activating group) is 1. The molecule has 0 spiro atoms. The predicted octanol–water partition coefficient (Wildman–Crippen LogP) is 2.31. The van der Waals surface area contributed by atoms with Gasteiger partial charge in [0, 0.05) is 71.5 Å². The van der Waals surface area contributed by atoms with E-state index in [-0.39, 0.29) is 5.92 Å². The summed E-state index contributed by atoms with van der Waals surface area (Å²) < 4.78 is 0. The number of hydrogen-bond donors (Lipinski definition) is 0. The Balaban J connectivity index is 1.12. The molecule has 1 aromatic heterocycles. The third-order valence-corrected chi connectivity index (χ3v) is 8.59. The molecule has 1 atom stereocenters.